The van der Waals surface area contributed by atoms with Crippen LogP contribution in [0.4, 0.5) is 0 Å². The molecule has 0 spiro atoms. The first kappa shape index (κ1) is 9.48. The van der Waals surface area contributed by atoms with Crippen LogP contribution >= 0.6 is 0 Å². The first-order valence-electron chi connectivity index (χ1n) is 4.25. The summed E-state index contributed by atoms with van der Waals surface area (Å²) in [4.78, 5) is 11.3. The summed E-state index contributed by atoms with van der Waals surface area (Å²) in [7, 11) is 0. The second-order valence-electron chi connectivity index (χ2n) is 3.39. The van der Waals surface area contributed by atoms with Crippen LogP contribution in [0, 0.1) is 5.92 Å². The van der Waals surface area contributed by atoms with E-state index in [1.807, 2.05) is 13.8 Å². The van der Waals surface area contributed by atoms with Gasteiger partial charge in [0.25, 0.3) is 0 Å². The van der Waals surface area contributed by atoms with Gasteiger partial charge in [-0.15, -0.1) is 0 Å². The van der Waals surface area contributed by atoms with Gasteiger partial charge in [0.15, 0.2) is 0 Å². The normalized spacial score (nSPS) is 22.6. The number of hydrogen-bond acceptors (Lipinski definition) is 3. The number of carbonyl (C=O) groups is 1. The minimum Gasteiger partial charge on any atom is -0.377 e. The van der Waals surface area contributed by atoms with Crippen LogP contribution in [0.5, 0.6) is 0 Å². The first-order valence-corrected chi connectivity index (χ1v) is 4.25. The molecule has 1 aliphatic heterocycles. The quantitative estimate of drug-likeness (QED) is 0.602. The molecule has 0 aromatic rings. The van der Waals surface area contributed by atoms with Gasteiger partial charge in [-0.05, 0) is 6.92 Å². The number of carbonyl (C=O) groups excluding carboxylic acids is 1. The molecule has 12 heavy (non-hydrogen) atoms. The van der Waals surface area contributed by atoms with Crippen molar-refractivity contribution in [3.8, 4) is 0 Å². The highest BCUT2D eigenvalue weighted by Gasteiger charge is 2.24. The van der Waals surface area contributed by atoms with Crippen molar-refractivity contribution >= 4 is 5.91 Å². The van der Waals surface area contributed by atoms with Crippen molar-refractivity contribution in [3.63, 3.8) is 0 Å². The van der Waals surface area contributed by atoms with Crippen LogP contribution in [0.25, 0.3) is 0 Å². The maximum Gasteiger partial charge on any atom is 0.224 e. The molecule has 2 unspecified atom stereocenters. The Kier molecular flexibility index (Phi) is 3.05. The lowest BCUT2D eigenvalue weighted by molar-refractivity contribution is -0.129. The van der Waals surface area contributed by atoms with Crippen LogP contribution in [0.1, 0.15) is 13.8 Å². The van der Waals surface area contributed by atoms with Crippen molar-refractivity contribution in [2.75, 3.05) is 13.2 Å². The second-order valence-corrected chi connectivity index (χ2v) is 3.39. The van der Waals surface area contributed by atoms with Gasteiger partial charge in [0, 0.05) is 12.0 Å². The third-order valence-corrected chi connectivity index (χ3v) is 2.19. The number of amides is 1. The van der Waals surface area contributed by atoms with E-state index in [2.05, 4.69) is 5.32 Å². The number of hydrogen-bond donors (Lipinski definition) is 2. The van der Waals surface area contributed by atoms with Crippen molar-refractivity contribution in [3.05, 3.63) is 0 Å². The highest BCUT2D eigenvalue weighted by Crippen LogP contribution is 2.04. The van der Waals surface area contributed by atoms with Crippen LogP contribution in [-0.2, 0) is 9.53 Å². The fourth-order valence-electron chi connectivity index (χ4n) is 0.890. The molecule has 0 aromatic heterocycles. The van der Waals surface area contributed by atoms with Crippen molar-refractivity contribution in [1.82, 2.24) is 5.32 Å². The van der Waals surface area contributed by atoms with E-state index in [-0.39, 0.29) is 23.9 Å². The van der Waals surface area contributed by atoms with Gasteiger partial charge in [-0.3, -0.25) is 4.79 Å². The summed E-state index contributed by atoms with van der Waals surface area (Å²) in [6.45, 7) is 4.94. The summed E-state index contributed by atoms with van der Waals surface area (Å²) >= 11 is 0. The number of rotatable bonds is 3. The van der Waals surface area contributed by atoms with E-state index < -0.39 is 0 Å². The van der Waals surface area contributed by atoms with Crippen molar-refractivity contribution in [2.24, 2.45) is 11.7 Å². The third kappa shape index (κ3) is 2.19. The molecule has 1 aliphatic rings. The third-order valence-electron chi connectivity index (χ3n) is 2.19. The van der Waals surface area contributed by atoms with E-state index >= 15 is 0 Å². The summed E-state index contributed by atoms with van der Waals surface area (Å²) < 4.78 is 4.93. The van der Waals surface area contributed by atoms with Gasteiger partial charge in [0.1, 0.15) is 0 Å². The predicted octanol–water partition coefficient (Wildman–Crippen LogP) is -0.515. The Bertz CT molecular complexity index is 166. The van der Waals surface area contributed by atoms with E-state index in [0.717, 1.165) is 0 Å². The van der Waals surface area contributed by atoms with E-state index in [1.165, 1.54) is 0 Å². The lowest BCUT2D eigenvalue weighted by atomic mass is 10.0. The van der Waals surface area contributed by atoms with Gasteiger partial charge >= 0.3 is 0 Å². The van der Waals surface area contributed by atoms with Crippen LogP contribution in [0.2, 0.25) is 0 Å². The molecule has 1 fully saturated rings. The van der Waals surface area contributed by atoms with Crippen molar-refractivity contribution < 1.29 is 9.53 Å². The summed E-state index contributed by atoms with van der Waals surface area (Å²) in [5, 5.41) is 2.85. The van der Waals surface area contributed by atoms with Gasteiger partial charge in [-0.2, -0.15) is 0 Å². The first-order chi connectivity index (χ1) is 5.61. The maximum absolute atomic E-state index is 11.3. The van der Waals surface area contributed by atoms with E-state index in [1.54, 1.807) is 0 Å². The molecule has 0 saturated carbocycles. The van der Waals surface area contributed by atoms with Gasteiger partial charge in [-0.25, -0.2) is 0 Å². The number of ether oxygens (including phenoxy) is 1. The molecule has 0 bridgehead atoms. The summed E-state index contributed by atoms with van der Waals surface area (Å²) in [6, 6.07) is 0.115. The highest BCUT2D eigenvalue weighted by atomic mass is 16.5. The molecule has 70 valence electrons. The smallest absolute Gasteiger partial charge is 0.224 e. The van der Waals surface area contributed by atoms with E-state index in [0.29, 0.717) is 13.2 Å². The van der Waals surface area contributed by atoms with Gasteiger partial charge in [-0.1, -0.05) is 6.92 Å². The minimum absolute atomic E-state index is 0.0262. The molecule has 3 N–H and O–H groups in total. The SMILES string of the molecule is CC(N)C(C)C(=O)NC1COC1. The molecule has 4 nitrogen and oxygen atoms in total. The van der Waals surface area contributed by atoms with Crippen LogP contribution in [-0.4, -0.2) is 31.2 Å². The summed E-state index contributed by atoms with van der Waals surface area (Å²) in [5.74, 6) is -0.0936. The van der Waals surface area contributed by atoms with Crippen molar-refractivity contribution in [2.45, 2.75) is 25.9 Å². The van der Waals surface area contributed by atoms with Crippen molar-refractivity contribution in [1.29, 1.82) is 0 Å². The van der Waals surface area contributed by atoms with Gasteiger partial charge in [0.05, 0.1) is 19.3 Å². The number of nitrogens with one attached hydrogen (secondary N) is 1. The molecule has 2 atom stereocenters. The lowest BCUT2D eigenvalue weighted by Gasteiger charge is -2.28. The molecule has 1 saturated heterocycles. The Balaban J connectivity index is 2.26. The minimum atomic E-state index is -0.120. The molecular formula is C8H16N2O2. The highest BCUT2D eigenvalue weighted by molar-refractivity contribution is 5.79. The summed E-state index contributed by atoms with van der Waals surface area (Å²) in [6.07, 6.45) is 0. The molecule has 1 heterocycles. The Morgan fingerprint density at radius 3 is 2.50 bits per heavy atom. The molecular weight excluding hydrogens is 156 g/mol. The Morgan fingerprint density at radius 1 is 1.58 bits per heavy atom. The van der Waals surface area contributed by atoms with Crippen LogP contribution in [0.15, 0.2) is 0 Å². The lowest BCUT2D eigenvalue weighted by Crippen LogP contribution is -2.51. The largest absolute Gasteiger partial charge is 0.377 e. The Hall–Kier alpha value is -0.610. The van der Waals surface area contributed by atoms with Crippen LogP contribution < -0.4 is 11.1 Å². The topological polar surface area (TPSA) is 64.4 Å². The molecule has 4 heteroatoms. The average Bonchev–Trinajstić information content (AvgIpc) is 1.94. The molecule has 1 amide bonds. The monoisotopic (exact) mass is 172 g/mol. The Labute approximate surface area is 72.5 Å². The fraction of sp³-hybridized carbons (Fsp3) is 0.875. The molecule has 0 aliphatic carbocycles. The number of nitrogens with two attached hydrogens (primary N) is 1. The Morgan fingerprint density at radius 2 is 2.17 bits per heavy atom. The molecule has 0 aromatic carbocycles. The van der Waals surface area contributed by atoms with E-state index in [4.69, 9.17) is 10.5 Å². The standard InChI is InChI=1S/C8H16N2O2/c1-5(6(2)9)8(11)10-7-3-12-4-7/h5-7H,3-4,9H2,1-2H3,(H,10,11). The predicted molar refractivity (Wildman–Crippen MR) is 45.6 cm³/mol. The van der Waals surface area contributed by atoms with E-state index in [9.17, 15) is 4.79 Å². The zero-order valence-electron chi connectivity index (χ0n) is 7.54. The van der Waals surface area contributed by atoms with Crippen LogP contribution in [0.3, 0.4) is 0 Å². The second kappa shape index (κ2) is 3.87. The molecule has 0 radical (unpaired) electrons. The van der Waals surface area contributed by atoms with Gasteiger partial charge in [0.2, 0.25) is 5.91 Å². The average molecular weight is 172 g/mol. The maximum atomic E-state index is 11.3. The summed E-state index contributed by atoms with van der Waals surface area (Å²) in [5.41, 5.74) is 5.58. The zero-order valence-corrected chi connectivity index (χ0v) is 7.54. The van der Waals surface area contributed by atoms with Gasteiger partial charge < -0.3 is 15.8 Å². The molecule has 1 rings (SSSR count). The fourth-order valence-corrected chi connectivity index (χ4v) is 0.890. The zero-order chi connectivity index (χ0) is 9.14.